The molecule has 1 fully saturated rings. The first-order valence-corrected chi connectivity index (χ1v) is 12.5. The van der Waals surface area contributed by atoms with Crippen LogP contribution in [0.4, 0.5) is 10.1 Å². The van der Waals surface area contributed by atoms with Crippen molar-refractivity contribution in [2.75, 3.05) is 25.5 Å². The van der Waals surface area contributed by atoms with Gasteiger partial charge in [-0.25, -0.2) is 4.39 Å². The van der Waals surface area contributed by atoms with Gasteiger partial charge in [-0.15, -0.1) is 0 Å². The lowest BCUT2D eigenvalue weighted by molar-refractivity contribution is -0.114. The maximum atomic E-state index is 14.6. The van der Waals surface area contributed by atoms with Gasteiger partial charge < -0.3 is 14.6 Å². The summed E-state index contributed by atoms with van der Waals surface area (Å²) in [5.74, 6) is 0.438. The van der Waals surface area contributed by atoms with Gasteiger partial charge in [0.2, 0.25) is 5.91 Å². The fourth-order valence-corrected chi connectivity index (χ4v) is 5.11. The van der Waals surface area contributed by atoms with E-state index in [1.54, 1.807) is 24.0 Å². The van der Waals surface area contributed by atoms with Crippen LogP contribution in [0, 0.1) is 18.7 Å². The normalized spacial score (nSPS) is 15.4. The Morgan fingerprint density at radius 2 is 1.81 bits per heavy atom. The summed E-state index contributed by atoms with van der Waals surface area (Å²) in [5, 5.41) is 2.79. The van der Waals surface area contributed by atoms with Gasteiger partial charge in [0.25, 0.3) is 5.91 Å². The van der Waals surface area contributed by atoms with Gasteiger partial charge in [-0.05, 0) is 80.6 Å². The van der Waals surface area contributed by atoms with Gasteiger partial charge in [-0.2, -0.15) is 0 Å². The monoisotopic (exact) mass is 491 g/mol. The summed E-state index contributed by atoms with van der Waals surface area (Å²) >= 11 is 0. The number of carbonyl (C=O) groups is 2. The summed E-state index contributed by atoms with van der Waals surface area (Å²) in [4.78, 5) is 28.8. The van der Waals surface area contributed by atoms with E-state index in [0.29, 0.717) is 23.3 Å². The minimum Gasteiger partial charge on any atom is -0.469 e. The number of furan rings is 1. The number of nitrogens with zero attached hydrogens (tertiary/aromatic N) is 2. The van der Waals surface area contributed by atoms with Gasteiger partial charge in [0.1, 0.15) is 11.6 Å². The molecule has 4 rings (SSSR count). The van der Waals surface area contributed by atoms with Gasteiger partial charge >= 0.3 is 0 Å². The summed E-state index contributed by atoms with van der Waals surface area (Å²) in [5.41, 5.74) is 3.17. The molecule has 0 bridgehead atoms. The SMILES string of the molecule is CC(=O)Nc1ccc(CN2CCC([C@@H](Cc3ccccc3F)N(C)C(=O)c3ccoc3C)CC2)cc1. The number of piperidine rings is 1. The topological polar surface area (TPSA) is 65.8 Å². The molecule has 3 aromatic rings. The van der Waals surface area contributed by atoms with Crippen molar-refractivity contribution < 1.29 is 18.4 Å². The highest BCUT2D eigenvalue weighted by atomic mass is 19.1. The Kier molecular flexibility index (Phi) is 8.21. The average molecular weight is 492 g/mol. The molecule has 7 heteroatoms. The molecule has 0 spiro atoms. The molecule has 6 nitrogen and oxygen atoms in total. The molecule has 0 aliphatic carbocycles. The number of carbonyl (C=O) groups excluding carboxylic acids is 2. The van der Waals surface area contributed by atoms with E-state index in [9.17, 15) is 14.0 Å². The second-order valence-corrected chi connectivity index (χ2v) is 9.66. The molecule has 2 amide bonds. The summed E-state index contributed by atoms with van der Waals surface area (Å²) < 4.78 is 19.9. The minimum absolute atomic E-state index is 0.0823. The molecule has 190 valence electrons. The van der Waals surface area contributed by atoms with Gasteiger partial charge in [0.15, 0.2) is 0 Å². The summed E-state index contributed by atoms with van der Waals surface area (Å²) in [6.07, 6.45) is 3.85. The fraction of sp³-hybridized carbons (Fsp3) is 0.379. The number of amides is 2. The molecule has 0 saturated carbocycles. The first kappa shape index (κ1) is 25.6. The summed E-state index contributed by atoms with van der Waals surface area (Å²) in [6, 6.07) is 16.3. The first-order chi connectivity index (χ1) is 17.3. The van der Waals surface area contributed by atoms with Gasteiger partial charge in [0.05, 0.1) is 11.8 Å². The van der Waals surface area contributed by atoms with Crippen LogP contribution in [0.2, 0.25) is 0 Å². The molecule has 1 aliphatic rings. The Hall–Kier alpha value is -3.45. The molecular weight excluding hydrogens is 457 g/mol. The van der Waals surface area contributed by atoms with Crippen molar-refractivity contribution in [1.82, 2.24) is 9.80 Å². The molecule has 2 heterocycles. The minimum atomic E-state index is -0.233. The molecule has 1 aliphatic heterocycles. The largest absolute Gasteiger partial charge is 0.469 e. The Morgan fingerprint density at radius 1 is 1.11 bits per heavy atom. The standard InChI is InChI=1S/C29H34FN3O3/c1-20-26(14-17-36-20)29(35)32(3)28(18-24-6-4-5-7-27(24)30)23-12-15-33(16-13-23)19-22-8-10-25(11-9-22)31-21(2)34/h4-11,14,17,23,28H,12-13,15-16,18-19H2,1-3H3,(H,31,34)/t28-/m1/s1. The zero-order valence-corrected chi connectivity index (χ0v) is 21.2. The predicted octanol–water partition coefficient (Wildman–Crippen LogP) is 5.28. The van der Waals surface area contributed by atoms with Crippen LogP contribution in [-0.2, 0) is 17.8 Å². The van der Waals surface area contributed by atoms with Crippen molar-refractivity contribution in [2.45, 2.75) is 45.7 Å². The summed E-state index contributed by atoms with van der Waals surface area (Å²) in [7, 11) is 1.82. The lowest BCUT2D eigenvalue weighted by Gasteiger charge is -2.40. The van der Waals surface area contributed by atoms with Crippen LogP contribution in [-0.4, -0.2) is 47.8 Å². The first-order valence-electron chi connectivity index (χ1n) is 12.5. The van der Waals surface area contributed by atoms with Crippen molar-refractivity contribution in [3.05, 3.63) is 89.1 Å². The van der Waals surface area contributed by atoms with E-state index in [2.05, 4.69) is 10.2 Å². The van der Waals surface area contributed by atoms with Crippen molar-refractivity contribution in [3.63, 3.8) is 0 Å². The Labute approximate surface area is 212 Å². The maximum absolute atomic E-state index is 14.6. The third-order valence-corrected chi connectivity index (χ3v) is 7.15. The van der Waals surface area contributed by atoms with E-state index in [-0.39, 0.29) is 29.6 Å². The molecule has 2 aromatic carbocycles. The van der Waals surface area contributed by atoms with Crippen LogP contribution in [0.25, 0.3) is 0 Å². The maximum Gasteiger partial charge on any atom is 0.257 e. The Morgan fingerprint density at radius 3 is 2.42 bits per heavy atom. The number of nitrogens with one attached hydrogen (secondary N) is 1. The van der Waals surface area contributed by atoms with Crippen LogP contribution in [0.3, 0.4) is 0 Å². The number of likely N-dealkylation sites (tertiary alicyclic amines) is 1. The van der Waals surface area contributed by atoms with E-state index in [1.807, 2.05) is 43.4 Å². The zero-order chi connectivity index (χ0) is 25.7. The van der Waals surface area contributed by atoms with Crippen LogP contribution in [0.5, 0.6) is 0 Å². The van der Waals surface area contributed by atoms with Crippen molar-refractivity contribution in [3.8, 4) is 0 Å². The highest BCUT2D eigenvalue weighted by Gasteiger charge is 2.33. The van der Waals surface area contributed by atoms with E-state index in [0.717, 1.165) is 38.2 Å². The molecule has 0 radical (unpaired) electrons. The molecule has 1 atom stereocenters. The van der Waals surface area contributed by atoms with E-state index < -0.39 is 0 Å². The second kappa shape index (κ2) is 11.5. The van der Waals surface area contributed by atoms with Crippen LogP contribution >= 0.6 is 0 Å². The highest BCUT2D eigenvalue weighted by Crippen LogP contribution is 2.29. The Bertz CT molecular complexity index is 1180. The fourth-order valence-electron chi connectivity index (χ4n) is 5.11. The average Bonchev–Trinajstić information content (AvgIpc) is 3.30. The molecule has 1 N–H and O–H groups in total. The molecule has 1 saturated heterocycles. The number of likely N-dealkylation sites (N-methyl/N-ethyl adjacent to an activating group) is 1. The smallest absolute Gasteiger partial charge is 0.257 e. The van der Waals surface area contributed by atoms with Crippen molar-refractivity contribution >= 4 is 17.5 Å². The number of hydrogen-bond acceptors (Lipinski definition) is 4. The Balaban J connectivity index is 1.44. The van der Waals surface area contributed by atoms with Gasteiger partial charge in [-0.1, -0.05) is 30.3 Å². The second-order valence-electron chi connectivity index (χ2n) is 9.66. The molecule has 1 aromatic heterocycles. The number of halogens is 1. The number of benzene rings is 2. The third kappa shape index (κ3) is 6.21. The lowest BCUT2D eigenvalue weighted by Crippen LogP contribution is -2.47. The molecule has 0 unspecified atom stereocenters. The number of aryl methyl sites for hydroxylation is 1. The van der Waals surface area contributed by atoms with E-state index >= 15 is 0 Å². The van der Waals surface area contributed by atoms with E-state index in [1.165, 1.54) is 24.8 Å². The predicted molar refractivity (Wildman–Crippen MR) is 138 cm³/mol. The van der Waals surface area contributed by atoms with Crippen molar-refractivity contribution in [2.24, 2.45) is 5.92 Å². The highest BCUT2D eigenvalue weighted by molar-refractivity contribution is 5.95. The molecular formula is C29H34FN3O3. The molecule has 36 heavy (non-hydrogen) atoms. The van der Waals surface area contributed by atoms with Crippen LogP contribution < -0.4 is 5.32 Å². The van der Waals surface area contributed by atoms with E-state index in [4.69, 9.17) is 4.42 Å². The van der Waals surface area contributed by atoms with Crippen LogP contribution in [0.1, 0.15) is 47.0 Å². The number of anilines is 1. The van der Waals surface area contributed by atoms with Crippen molar-refractivity contribution in [1.29, 1.82) is 0 Å². The quantitative estimate of drug-likeness (QED) is 0.466. The summed E-state index contributed by atoms with van der Waals surface area (Å²) in [6.45, 7) is 5.92. The number of rotatable bonds is 8. The third-order valence-electron chi connectivity index (χ3n) is 7.15. The number of hydrogen-bond donors (Lipinski definition) is 1. The van der Waals surface area contributed by atoms with Gasteiger partial charge in [0, 0.05) is 32.2 Å². The van der Waals surface area contributed by atoms with Crippen LogP contribution in [0.15, 0.2) is 65.3 Å². The zero-order valence-electron chi connectivity index (χ0n) is 21.2. The lowest BCUT2D eigenvalue weighted by atomic mass is 9.84. The van der Waals surface area contributed by atoms with Gasteiger partial charge in [-0.3, -0.25) is 14.5 Å².